The summed E-state index contributed by atoms with van der Waals surface area (Å²) in [6.45, 7) is 1.16. The molecule has 0 saturated carbocycles. The largest absolute Gasteiger partial charge is 0.396 e. The zero-order valence-corrected chi connectivity index (χ0v) is 13.3. The molecule has 3 nitrogen and oxygen atoms in total. The summed E-state index contributed by atoms with van der Waals surface area (Å²) in [6, 6.07) is 16.7. The van der Waals surface area contributed by atoms with Gasteiger partial charge in [-0.2, -0.15) is 11.8 Å². The van der Waals surface area contributed by atoms with Gasteiger partial charge in [0.15, 0.2) is 0 Å². The molecule has 0 fully saturated rings. The Kier molecular flexibility index (Phi) is 5.14. The van der Waals surface area contributed by atoms with Gasteiger partial charge in [-0.1, -0.05) is 42.5 Å². The van der Waals surface area contributed by atoms with E-state index in [1.54, 1.807) is 11.8 Å². The number of fused-ring (bicyclic) bond motifs is 3. The van der Waals surface area contributed by atoms with E-state index in [9.17, 15) is 0 Å². The highest BCUT2D eigenvalue weighted by Crippen LogP contribution is 2.28. The standard InChI is InChI=1S/C18H20N2OS/c21-11-13-22-12-5-10-19-18-16-8-2-1-6-14(16)15-7-3-4-9-17(15)20-18/h1-4,6-9,21H,5,10-13H2,(H,19,20). The van der Waals surface area contributed by atoms with Crippen molar-refractivity contribution in [3.8, 4) is 0 Å². The number of para-hydroxylation sites is 1. The fourth-order valence-corrected chi connectivity index (χ4v) is 3.27. The number of hydrogen-bond donors (Lipinski definition) is 2. The van der Waals surface area contributed by atoms with Gasteiger partial charge in [-0.05, 0) is 23.6 Å². The first kappa shape index (κ1) is 15.1. The quantitative estimate of drug-likeness (QED) is 0.513. The second kappa shape index (κ2) is 7.47. The number of anilines is 1. The zero-order valence-electron chi connectivity index (χ0n) is 12.5. The van der Waals surface area contributed by atoms with Crippen LogP contribution in [0.1, 0.15) is 6.42 Å². The third-order valence-corrected chi connectivity index (χ3v) is 4.65. The number of hydrogen-bond acceptors (Lipinski definition) is 4. The second-order valence-electron chi connectivity index (χ2n) is 5.14. The van der Waals surface area contributed by atoms with Gasteiger partial charge in [-0.25, -0.2) is 4.98 Å². The number of nitrogens with one attached hydrogen (secondary N) is 1. The summed E-state index contributed by atoms with van der Waals surface area (Å²) < 4.78 is 0. The number of nitrogens with zero attached hydrogens (tertiary/aromatic N) is 1. The van der Waals surface area contributed by atoms with Gasteiger partial charge in [0.1, 0.15) is 5.82 Å². The predicted octanol–water partition coefficient (Wildman–Crippen LogP) is 3.92. The van der Waals surface area contributed by atoms with Crippen molar-refractivity contribution in [1.29, 1.82) is 0 Å². The van der Waals surface area contributed by atoms with Gasteiger partial charge in [0, 0.05) is 23.1 Å². The molecule has 0 unspecified atom stereocenters. The summed E-state index contributed by atoms with van der Waals surface area (Å²) in [5.74, 6) is 2.83. The fraction of sp³-hybridized carbons (Fsp3) is 0.278. The fourth-order valence-electron chi connectivity index (χ4n) is 2.59. The maximum atomic E-state index is 8.77. The Bertz CT molecular complexity index is 760. The summed E-state index contributed by atoms with van der Waals surface area (Å²) in [6.07, 6.45) is 1.06. The molecule has 3 aromatic rings. The third-order valence-electron chi connectivity index (χ3n) is 3.60. The highest BCUT2D eigenvalue weighted by Gasteiger charge is 2.06. The van der Waals surface area contributed by atoms with Crippen LogP contribution in [0.4, 0.5) is 5.82 Å². The number of rotatable bonds is 7. The van der Waals surface area contributed by atoms with E-state index in [2.05, 4.69) is 47.8 Å². The summed E-state index contributed by atoms with van der Waals surface area (Å²) in [5.41, 5.74) is 1.03. The van der Waals surface area contributed by atoms with Gasteiger partial charge in [0.25, 0.3) is 0 Å². The topological polar surface area (TPSA) is 45.1 Å². The molecule has 0 aliphatic rings. The monoisotopic (exact) mass is 312 g/mol. The molecule has 2 aromatic carbocycles. The molecule has 114 valence electrons. The van der Waals surface area contributed by atoms with E-state index in [-0.39, 0.29) is 6.61 Å². The van der Waals surface area contributed by atoms with Crippen molar-refractivity contribution in [2.45, 2.75) is 6.42 Å². The van der Waals surface area contributed by atoms with E-state index in [4.69, 9.17) is 10.1 Å². The third kappa shape index (κ3) is 3.34. The predicted molar refractivity (Wildman–Crippen MR) is 96.8 cm³/mol. The molecule has 1 heterocycles. The molecule has 0 atom stereocenters. The van der Waals surface area contributed by atoms with Gasteiger partial charge in [0.2, 0.25) is 0 Å². The van der Waals surface area contributed by atoms with Gasteiger partial charge in [-0.3, -0.25) is 0 Å². The summed E-state index contributed by atoms with van der Waals surface area (Å²) >= 11 is 1.78. The molecular weight excluding hydrogens is 292 g/mol. The van der Waals surface area contributed by atoms with Crippen molar-refractivity contribution in [1.82, 2.24) is 4.98 Å². The normalized spacial score (nSPS) is 11.1. The Balaban J connectivity index is 1.82. The van der Waals surface area contributed by atoms with Crippen molar-refractivity contribution >= 4 is 39.3 Å². The van der Waals surface area contributed by atoms with E-state index >= 15 is 0 Å². The van der Waals surface area contributed by atoms with Crippen molar-refractivity contribution in [3.63, 3.8) is 0 Å². The Morgan fingerprint density at radius 3 is 2.45 bits per heavy atom. The van der Waals surface area contributed by atoms with Gasteiger partial charge >= 0.3 is 0 Å². The van der Waals surface area contributed by atoms with Crippen molar-refractivity contribution < 1.29 is 5.11 Å². The van der Waals surface area contributed by atoms with Crippen LogP contribution < -0.4 is 5.32 Å². The Hall–Kier alpha value is -1.78. The molecule has 0 bridgehead atoms. The lowest BCUT2D eigenvalue weighted by molar-refractivity contribution is 0.322. The first-order valence-corrected chi connectivity index (χ1v) is 8.75. The van der Waals surface area contributed by atoms with E-state index in [1.165, 1.54) is 16.2 Å². The van der Waals surface area contributed by atoms with Crippen LogP contribution in [-0.4, -0.2) is 34.7 Å². The molecule has 22 heavy (non-hydrogen) atoms. The molecule has 0 amide bonds. The Morgan fingerprint density at radius 2 is 1.64 bits per heavy atom. The molecule has 0 spiro atoms. The van der Waals surface area contributed by atoms with E-state index in [0.717, 1.165) is 35.8 Å². The van der Waals surface area contributed by atoms with Gasteiger partial charge < -0.3 is 10.4 Å². The first-order chi connectivity index (χ1) is 10.9. The lowest BCUT2D eigenvalue weighted by Crippen LogP contribution is -2.05. The Labute approximate surface area is 134 Å². The SMILES string of the molecule is OCCSCCCNc1nc2ccccc2c2ccccc12. The van der Waals surface area contributed by atoms with Crippen LogP contribution in [0, 0.1) is 0 Å². The minimum atomic E-state index is 0.259. The number of aliphatic hydroxyl groups is 1. The van der Waals surface area contributed by atoms with Crippen LogP contribution in [0.15, 0.2) is 48.5 Å². The molecule has 0 saturated heterocycles. The van der Waals surface area contributed by atoms with E-state index < -0.39 is 0 Å². The molecule has 0 aliphatic heterocycles. The maximum Gasteiger partial charge on any atom is 0.134 e. The van der Waals surface area contributed by atoms with Crippen LogP contribution in [0.3, 0.4) is 0 Å². The highest BCUT2D eigenvalue weighted by molar-refractivity contribution is 7.99. The number of aliphatic hydroxyl groups excluding tert-OH is 1. The van der Waals surface area contributed by atoms with Gasteiger partial charge in [0.05, 0.1) is 12.1 Å². The molecule has 3 rings (SSSR count). The average molecular weight is 312 g/mol. The number of benzene rings is 2. The first-order valence-electron chi connectivity index (χ1n) is 7.60. The van der Waals surface area contributed by atoms with E-state index in [1.807, 2.05) is 6.07 Å². The molecular formula is C18H20N2OS. The molecule has 1 aromatic heterocycles. The summed E-state index contributed by atoms with van der Waals surface area (Å²) in [5, 5.41) is 15.9. The smallest absolute Gasteiger partial charge is 0.134 e. The summed E-state index contributed by atoms with van der Waals surface area (Å²) in [4.78, 5) is 4.78. The van der Waals surface area contributed by atoms with Crippen LogP contribution in [0.5, 0.6) is 0 Å². The lowest BCUT2D eigenvalue weighted by atomic mass is 10.1. The molecule has 4 heteroatoms. The van der Waals surface area contributed by atoms with Crippen LogP contribution >= 0.6 is 11.8 Å². The van der Waals surface area contributed by atoms with Crippen LogP contribution in [-0.2, 0) is 0 Å². The number of aromatic nitrogens is 1. The van der Waals surface area contributed by atoms with Crippen molar-refractivity contribution in [2.75, 3.05) is 30.0 Å². The second-order valence-corrected chi connectivity index (χ2v) is 6.36. The van der Waals surface area contributed by atoms with Crippen LogP contribution in [0.2, 0.25) is 0 Å². The number of pyridine rings is 1. The van der Waals surface area contributed by atoms with Crippen molar-refractivity contribution in [2.24, 2.45) is 0 Å². The minimum absolute atomic E-state index is 0.259. The molecule has 0 radical (unpaired) electrons. The summed E-state index contributed by atoms with van der Waals surface area (Å²) in [7, 11) is 0. The highest BCUT2D eigenvalue weighted by atomic mass is 32.2. The van der Waals surface area contributed by atoms with Crippen molar-refractivity contribution in [3.05, 3.63) is 48.5 Å². The zero-order chi connectivity index (χ0) is 15.2. The lowest BCUT2D eigenvalue weighted by Gasteiger charge is -2.11. The average Bonchev–Trinajstić information content (AvgIpc) is 2.58. The maximum absolute atomic E-state index is 8.77. The Morgan fingerprint density at radius 1 is 0.909 bits per heavy atom. The number of thioether (sulfide) groups is 1. The van der Waals surface area contributed by atoms with Crippen LogP contribution in [0.25, 0.3) is 21.7 Å². The molecule has 0 aliphatic carbocycles. The molecule has 2 N–H and O–H groups in total. The minimum Gasteiger partial charge on any atom is -0.396 e. The van der Waals surface area contributed by atoms with Gasteiger partial charge in [-0.15, -0.1) is 0 Å². The van der Waals surface area contributed by atoms with E-state index in [0.29, 0.717) is 0 Å².